The van der Waals surface area contributed by atoms with Crippen LogP contribution in [0.2, 0.25) is 0 Å². The van der Waals surface area contributed by atoms with E-state index in [0.717, 1.165) is 55.8 Å². The van der Waals surface area contributed by atoms with Crippen LogP contribution < -0.4 is 10.6 Å². The number of piperidine rings is 3. The van der Waals surface area contributed by atoms with Crippen LogP contribution in [0.15, 0.2) is 18.2 Å². The van der Waals surface area contributed by atoms with E-state index in [0.29, 0.717) is 36.2 Å². The average Bonchev–Trinajstić information content (AvgIpc) is 3.11. The number of hydrogen-bond acceptors (Lipinski definition) is 7. The summed E-state index contributed by atoms with van der Waals surface area (Å²) in [5.74, 6) is -1.74. The van der Waals surface area contributed by atoms with E-state index < -0.39 is 30.3 Å². The highest BCUT2D eigenvalue weighted by Gasteiger charge is 2.45. The first kappa shape index (κ1) is 24.9. The molecular weight excluding hydrogens is 479 g/mol. The molecule has 5 aliphatic rings. The molecule has 37 heavy (non-hydrogen) atoms. The van der Waals surface area contributed by atoms with E-state index >= 15 is 4.39 Å². The molecule has 6 rings (SSSR count). The number of rotatable bonds is 5. The number of carbonyl (C=O) groups is 3. The Kier molecular flexibility index (Phi) is 6.77. The number of nitrogens with zero attached hydrogens (tertiary/aromatic N) is 2. The molecule has 0 aromatic heterocycles. The smallest absolute Gasteiger partial charge is 0.257 e. The van der Waals surface area contributed by atoms with E-state index in [4.69, 9.17) is 4.74 Å². The van der Waals surface area contributed by atoms with Crippen molar-refractivity contribution in [2.75, 3.05) is 26.2 Å². The standard InChI is InChI=1S/C27H35FN4O5/c28-22-14-31(16-12-18(13-16)37-17-5-8-29-9-6-17)10-7-19(22)15-1-2-20-21(11-15)27(36)32(26(20)35)23-3-4-24(33)30-25(23)34/h1-2,11,16-19,22-23,26,29,35H,3-10,12-14H2,(H,30,33,34)/t16?,18?,19-,22+,23?,26?/m1/s1. The minimum absolute atomic E-state index is 0.114. The number of aliphatic hydroxyl groups excluding tert-OH is 1. The first-order valence-electron chi connectivity index (χ1n) is 13.6. The lowest BCUT2D eigenvalue weighted by atomic mass is 9.82. The maximum atomic E-state index is 15.4. The predicted octanol–water partition coefficient (Wildman–Crippen LogP) is 1.37. The van der Waals surface area contributed by atoms with E-state index in [1.165, 1.54) is 0 Å². The van der Waals surface area contributed by atoms with Gasteiger partial charge in [-0.3, -0.25) is 29.5 Å². The number of nitrogens with one attached hydrogen (secondary N) is 2. The second kappa shape index (κ2) is 10.1. The molecule has 4 fully saturated rings. The minimum atomic E-state index is -1.26. The molecule has 200 valence electrons. The van der Waals surface area contributed by atoms with Crippen LogP contribution in [0.5, 0.6) is 0 Å². The normalized spacial score (nSPS) is 35.3. The number of benzene rings is 1. The molecule has 1 saturated carbocycles. The fourth-order valence-corrected chi connectivity index (χ4v) is 6.66. The Labute approximate surface area is 215 Å². The molecule has 1 aromatic rings. The molecule has 3 amide bonds. The Morgan fingerprint density at radius 1 is 1.03 bits per heavy atom. The van der Waals surface area contributed by atoms with Crippen LogP contribution in [0.4, 0.5) is 4.39 Å². The molecule has 4 heterocycles. The summed E-state index contributed by atoms with van der Waals surface area (Å²) in [5, 5.41) is 16.4. The molecule has 9 nitrogen and oxygen atoms in total. The molecule has 10 heteroatoms. The summed E-state index contributed by atoms with van der Waals surface area (Å²) in [7, 11) is 0. The van der Waals surface area contributed by atoms with Gasteiger partial charge < -0.3 is 15.2 Å². The fourth-order valence-electron chi connectivity index (χ4n) is 6.66. The Morgan fingerprint density at radius 2 is 1.81 bits per heavy atom. The van der Waals surface area contributed by atoms with E-state index in [9.17, 15) is 19.5 Å². The molecule has 1 aliphatic carbocycles. The van der Waals surface area contributed by atoms with Crippen molar-refractivity contribution in [3.05, 3.63) is 34.9 Å². The highest BCUT2D eigenvalue weighted by atomic mass is 19.1. The third-order valence-electron chi connectivity index (χ3n) is 8.89. The number of carbonyl (C=O) groups excluding carboxylic acids is 3. The summed E-state index contributed by atoms with van der Waals surface area (Å²) < 4.78 is 21.7. The van der Waals surface area contributed by atoms with Gasteiger partial charge in [0.1, 0.15) is 12.2 Å². The Bertz CT molecular complexity index is 1070. The first-order chi connectivity index (χ1) is 17.9. The molecule has 2 unspecified atom stereocenters. The zero-order valence-corrected chi connectivity index (χ0v) is 20.9. The molecule has 3 saturated heterocycles. The van der Waals surface area contributed by atoms with Gasteiger partial charge in [0.05, 0.1) is 12.2 Å². The van der Waals surface area contributed by atoms with Gasteiger partial charge in [0, 0.05) is 36.1 Å². The quantitative estimate of drug-likeness (QED) is 0.509. The lowest BCUT2D eigenvalue weighted by molar-refractivity contribution is -0.139. The van der Waals surface area contributed by atoms with Crippen LogP contribution in [-0.4, -0.2) is 89.3 Å². The van der Waals surface area contributed by atoms with Gasteiger partial charge in [-0.25, -0.2) is 4.39 Å². The molecule has 0 radical (unpaired) electrons. The maximum Gasteiger partial charge on any atom is 0.257 e. The lowest BCUT2D eigenvalue weighted by Gasteiger charge is -2.47. The summed E-state index contributed by atoms with van der Waals surface area (Å²) >= 11 is 0. The number of ether oxygens (including phenoxy) is 1. The summed E-state index contributed by atoms with van der Waals surface area (Å²) in [6.07, 6.45) is 3.30. The van der Waals surface area contributed by atoms with Gasteiger partial charge >= 0.3 is 0 Å². The van der Waals surface area contributed by atoms with E-state index in [1.807, 2.05) is 0 Å². The van der Waals surface area contributed by atoms with Crippen LogP contribution in [0.3, 0.4) is 0 Å². The number of amides is 3. The molecule has 1 aromatic carbocycles. The Balaban J connectivity index is 1.07. The largest absolute Gasteiger partial charge is 0.375 e. The van der Waals surface area contributed by atoms with Gasteiger partial charge in [0.25, 0.3) is 5.91 Å². The van der Waals surface area contributed by atoms with Crippen molar-refractivity contribution in [1.82, 2.24) is 20.4 Å². The topological polar surface area (TPSA) is 111 Å². The van der Waals surface area contributed by atoms with Crippen LogP contribution in [0, 0.1) is 0 Å². The number of imide groups is 1. The summed E-state index contributed by atoms with van der Waals surface area (Å²) in [5.41, 5.74) is 1.47. The lowest BCUT2D eigenvalue weighted by Crippen LogP contribution is -2.54. The van der Waals surface area contributed by atoms with Crippen LogP contribution in [0.25, 0.3) is 0 Å². The van der Waals surface area contributed by atoms with Crippen molar-refractivity contribution in [3.8, 4) is 0 Å². The maximum absolute atomic E-state index is 15.4. The highest BCUT2D eigenvalue weighted by molar-refractivity contribution is 6.05. The van der Waals surface area contributed by atoms with E-state index in [-0.39, 0.29) is 30.8 Å². The molecule has 0 bridgehead atoms. The van der Waals surface area contributed by atoms with Gasteiger partial charge in [-0.2, -0.15) is 0 Å². The Hall–Kier alpha value is -2.40. The number of aliphatic hydroxyl groups is 1. The zero-order valence-electron chi connectivity index (χ0n) is 20.9. The third kappa shape index (κ3) is 4.69. The van der Waals surface area contributed by atoms with Crippen LogP contribution >= 0.6 is 0 Å². The van der Waals surface area contributed by atoms with Crippen molar-refractivity contribution in [1.29, 1.82) is 0 Å². The van der Waals surface area contributed by atoms with Gasteiger partial charge in [-0.05, 0) is 69.8 Å². The second-order valence-electron chi connectivity index (χ2n) is 11.1. The first-order valence-corrected chi connectivity index (χ1v) is 13.6. The SMILES string of the molecule is O=C1CCC(N2C(=O)c3cc([C@H]4CCN(C5CC(OC6CCNCC6)C5)C[C@@H]4F)ccc3C2O)C(=O)N1. The zero-order chi connectivity index (χ0) is 25.7. The van der Waals surface area contributed by atoms with Crippen molar-refractivity contribution in [2.24, 2.45) is 0 Å². The number of fused-ring (bicyclic) bond motifs is 1. The monoisotopic (exact) mass is 514 g/mol. The van der Waals surface area contributed by atoms with Crippen molar-refractivity contribution >= 4 is 17.7 Å². The Morgan fingerprint density at radius 3 is 2.54 bits per heavy atom. The van der Waals surface area contributed by atoms with Gasteiger partial charge in [-0.1, -0.05) is 12.1 Å². The van der Waals surface area contributed by atoms with Gasteiger partial charge in [0.15, 0.2) is 6.23 Å². The fraction of sp³-hybridized carbons (Fsp3) is 0.667. The number of hydrogen-bond donors (Lipinski definition) is 3. The van der Waals surface area contributed by atoms with E-state index in [1.54, 1.807) is 18.2 Å². The average molecular weight is 515 g/mol. The van der Waals surface area contributed by atoms with Crippen molar-refractivity contribution in [3.63, 3.8) is 0 Å². The van der Waals surface area contributed by atoms with Crippen molar-refractivity contribution in [2.45, 2.75) is 87.6 Å². The van der Waals surface area contributed by atoms with Gasteiger partial charge in [0.2, 0.25) is 11.8 Å². The summed E-state index contributed by atoms with van der Waals surface area (Å²) in [6.45, 7) is 3.19. The minimum Gasteiger partial charge on any atom is -0.375 e. The second-order valence-corrected chi connectivity index (χ2v) is 11.1. The molecule has 4 atom stereocenters. The summed E-state index contributed by atoms with van der Waals surface area (Å²) in [4.78, 5) is 40.4. The number of alkyl halides is 1. The number of likely N-dealkylation sites (tertiary alicyclic amines) is 1. The molecule has 0 spiro atoms. The summed E-state index contributed by atoms with van der Waals surface area (Å²) in [6, 6.07) is 4.62. The predicted molar refractivity (Wildman–Crippen MR) is 131 cm³/mol. The molecule has 3 N–H and O–H groups in total. The molecule has 4 aliphatic heterocycles. The van der Waals surface area contributed by atoms with E-state index in [2.05, 4.69) is 15.5 Å². The number of halogens is 1. The third-order valence-corrected chi connectivity index (χ3v) is 8.89. The van der Waals surface area contributed by atoms with Crippen molar-refractivity contribution < 1.29 is 28.6 Å². The van der Waals surface area contributed by atoms with Crippen LogP contribution in [-0.2, 0) is 14.3 Å². The highest BCUT2D eigenvalue weighted by Crippen LogP contribution is 2.40. The van der Waals surface area contributed by atoms with Crippen LogP contribution in [0.1, 0.15) is 78.6 Å². The van der Waals surface area contributed by atoms with Gasteiger partial charge in [-0.15, -0.1) is 0 Å². The molecular formula is C27H35FN4O5.